The standard InChI is InChI=1S/C14H17NO4/c1-10(14(18)15(2)3)19-12-7-5-4-6-11(12)8-9-13(16)17/h4-10H,1-3H3,(H,16,17)/b9-8+. The predicted molar refractivity (Wildman–Crippen MR) is 71.9 cm³/mol. The maximum atomic E-state index is 11.7. The largest absolute Gasteiger partial charge is 0.480 e. The minimum absolute atomic E-state index is 0.156. The third-order valence-corrected chi connectivity index (χ3v) is 2.42. The van der Waals surface area contributed by atoms with Gasteiger partial charge in [0.2, 0.25) is 0 Å². The molecule has 0 bridgehead atoms. The van der Waals surface area contributed by atoms with Crippen LogP contribution in [-0.4, -0.2) is 42.1 Å². The first kappa shape index (κ1) is 14.8. The van der Waals surface area contributed by atoms with Gasteiger partial charge in [-0.2, -0.15) is 0 Å². The minimum atomic E-state index is -1.03. The van der Waals surface area contributed by atoms with Crippen molar-refractivity contribution in [3.05, 3.63) is 35.9 Å². The Kier molecular flexibility index (Phi) is 5.11. The fraction of sp³-hybridized carbons (Fsp3) is 0.286. The Hall–Kier alpha value is -2.30. The van der Waals surface area contributed by atoms with Crippen LogP contribution in [-0.2, 0) is 9.59 Å². The normalized spacial score (nSPS) is 12.2. The Labute approximate surface area is 112 Å². The molecule has 102 valence electrons. The van der Waals surface area contributed by atoms with Crippen LogP contribution < -0.4 is 4.74 Å². The molecule has 0 saturated heterocycles. The maximum absolute atomic E-state index is 11.7. The molecule has 1 aromatic rings. The first-order valence-corrected chi connectivity index (χ1v) is 5.79. The van der Waals surface area contributed by atoms with Crippen molar-refractivity contribution < 1.29 is 19.4 Å². The van der Waals surface area contributed by atoms with E-state index >= 15 is 0 Å². The Balaban J connectivity index is 2.89. The van der Waals surface area contributed by atoms with Crippen molar-refractivity contribution in [3.8, 4) is 5.75 Å². The van der Waals surface area contributed by atoms with Crippen LogP contribution in [0.4, 0.5) is 0 Å². The highest BCUT2D eigenvalue weighted by molar-refractivity contribution is 5.86. The summed E-state index contributed by atoms with van der Waals surface area (Å²) in [7, 11) is 3.30. The van der Waals surface area contributed by atoms with Crippen LogP contribution in [0.3, 0.4) is 0 Å². The summed E-state index contributed by atoms with van der Waals surface area (Å²) in [5.41, 5.74) is 0.614. The lowest BCUT2D eigenvalue weighted by atomic mass is 10.2. The first-order chi connectivity index (χ1) is 8.91. The fourth-order valence-electron chi connectivity index (χ4n) is 1.49. The molecule has 0 saturated carbocycles. The zero-order valence-corrected chi connectivity index (χ0v) is 11.2. The van der Waals surface area contributed by atoms with Gasteiger partial charge >= 0.3 is 5.97 Å². The van der Waals surface area contributed by atoms with Gasteiger partial charge in [-0.25, -0.2) is 4.79 Å². The molecular weight excluding hydrogens is 246 g/mol. The number of carbonyl (C=O) groups excluding carboxylic acids is 1. The van der Waals surface area contributed by atoms with Crippen molar-refractivity contribution >= 4 is 18.0 Å². The zero-order chi connectivity index (χ0) is 14.4. The van der Waals surface area contributed by atoms with Gasteiger partial charge in [0, 0.05) is 25.7 Å². The molecule has 1 rings (SSSR count). The third kappa shape index (κ3) is 4.46. The van der Waals surface area contributed by atoms with Crippen LogP contribution in [0.5, 0.6) is 5.75 Å². The van der Waals surface area contributed by atoms with E-state index in [9.17, 15) is 9.59 Å². The monoisotopic (exact) mass is 263 g/mol. The number of benzene rings is 1. The van der Waals surface area contributed by atoms with Crippen LogP contribution in [0.25, 0.3) is 6.08 Å². The number of carboxylic acid groups (broad SMARTS) is 1. The second-order valence-electron chi connectivity index (χ2n) is 4.20. The molecule has 0 radical (unpaired) electrons. The smallest absolute Gasteiger partial charge is 0.328 e. The van der Waals surface area contributed by atoms with Crippen molar-refractivity contribution in [2.24, 2.45) is 0 Å². The van der Waals surface area contributed by atoms with E-state index in [1.165, 1.54) is 11.0 Å². The number of carbonyl (C=O) groups is 2. The van der Waals surface area contributed by atoms with Crippen LogP contribution in [0.1, 0.15) is 12.5 Å². The molecule has 1 aromatic carbocycles. The molecule has 19 heavy (non-hydrogen) atoms. The number of hydrogen-bond donors (Lipinski definition) is 1. The Morgan fingerprint density at radius 1 is 1.32 bits per heavy atom. The van der Waals surface area contributed by atoms with E-state index in [2.05, 4.69) is 0 Å². The van der Waals surface area contributed by atoms with E-state index in [0.717, 1.165) is 6.08 Å². The molecule has 0 aromatic heterocycles. The molecule has 0 spiro atoms. The van der Waals surface area contributed by atoms with Crippen molar-refractivity contribution in [2.75, 3.05) is 14.1 Å². The Morgan fingerprint density at radius 2 is 1.95 bits per heavy atom. The molecule has 1 N–H and O–H groups in total. The van der Waals surface area contributed by atoms with Gasteiger partial charge in [0.15, 0.2) is 6.10 Å². The Morgan fingerprint density at radius 3 is 2.53 bits per heavy atom. The molecule has 1 amide bonds. The summed E-state index contributed by atoms with van der Waals surface area (Å²) in [6, 6.07) is 6.95. The highest BCUT2D eigenvalue weighted by Gasteiger charge is 2.17. The maximum Gasteiger partial charge on any atom is 0.328 e. The molecule has 0 aliphatic rings. The fourth-order valence-corrected chi connectivity index (χ4v) is 1.49. The van der Waals surface area contributed by atoms with E-state index in [1.54, 1.807) is 45.3 Å². The molecule has 5 heteroatoms. The number of nitrogens with zero attached hydrogens (tertiary/aromatic N) is 1. The summed E-state index contributed by atoms with van der Waals surface area (Å²) in [4.78, 5) is 23.7. The van der Waals surface area contributed by atoms with Gasteiger partial charge in [-0.3, -0.25) is 4.79 Å². The molecule has 1 atom stereocenters. The van der Waals surface area contributed by atoms with Gasteiger partial charge in [0.1, 0.15) is 5.75 Å². The summed E-state index contributed by atoms with van der Waals surface area (Å²) < 4.78 is 5.57. The van der Waals surface area contributed by atoms with Crippen LogP contribution in [0.15, 0.2) is 30.3 Å². The lowest BCUT2D eigenvalue weighted by Crippen LogP contribution is -2.35. The van der Waals surface area contributed by atoms with E-state index in [4.69, 9.17) is 9.84 Å². The molecule has 0 aliphatic heterocycles. The number of rotatable bonds is 5. The van der Waals surface area contributed by atoms with E-state index in [1.807, 2.05) is 0 Å². The second-order valence-corrected chi connectivity index (χ2v) is 4.20. The van der Waals surface area contributed by atoms with E-state index in [-0.39, 0.29) is 5.91 Å². The molecule has 0 aliphatic carbocycles. The lowest BCUT2D eigenvalue weighted by molar-refractivity contribution is -0.135. The molecule has 0 heterocycles. The number of aliphatic carboxylic acids is 1. The minimum Gasteiger partial charge on any atom is -0.480 e. The second kappa shape index (κ2) is 6.58. The third-order valence-electron chi connectivity index (χ3n) is 2.42. The van der Waals surface area contributed by atoms with E-state index in [0.29, 0.717) is 11.3 Å². The summed E-state index contributed by atoms with van der Waals surface area (Å²) in [6.07, 6.45) is 1.83. The quantitative estimate of drug-likeness (QED) is 0.820. The number of amides is 1. The number of hydrogen-bond acceptors (Lipinski definition) is 3. The number of carboxylic acids is 1. The zero-order valence-electron chi connectivity index (χ0n) is 11.2. The van der Waals surface area contributed by atoms with Gasteiger partial charge < -0.3 is 14.7 Å². The van der Waals surface area contributed by atoms with Gasteiger partial charge in [-0.05, 0) is 19.1 Å². The van der Waals surface area contributed by atoms with Crippen molar-refractivity contribution in [2.45, 2.75) is 13.0 Å². The summed E-state index contributed by atoms with van der Waals surface area (Å²) >= 11 is 0. The van der Waals surface area contributed by atoms with Gasteiger partial charge in [-0.1, -0.05) is 18.2 Å². The summed E-state index contributed by atoms with van der Waals surface area (Å²) in [5.74, 6) is -0.716. The van der Waals surface area contributed by atoms with Crippen LogP contribution in [0.2, 0.25) is 0 Å². The number of para-hydroxylation sites is 1. The predicted octanol–water partition coefficient (Wildman–Crippen LogP) is 1.64. The van der Waals surface area contributed by atoms with Crippen molar-refractivity contribution in [3.63, 3.8) is 0 Å². The summed E-state index contributed by atoms with van der Waals surface area (Å²) in [5, 5.41) is 8.62. The van der Waals surface area contributed by atoms with Gasteiger partial charge in [0.25, 0.3) is 5.91 Å². The average molecular weight is 263 g/mol. The highest BCUT2D eigenvalue weighted by Crippen LogP contribution is 2.21. The summed E-state index contributed by atoms with van der Waals surface area (Å²) in [6.45, 7) is 1.65. The average Bonchev–Trinajstić information content (AvgIpc) is 2.36. The molecular formula is C14H17NO4. The van der Waals surface area contributed by atoms with Crippen molar-refractivity contribution in [1.82, 2.24) is 4.90 Å². The topological polar surface area (TPSA) is 66.8 Å². The van der Waals surface area contributed by atoms with Crippen LogP contribution in [0, 0.1) is 0 Å². The lowest BCUT2D eigenvalue weighted by Gasteiger charge is -2.19. The van der Waals surface area contributed by atoms with Crippen molar-refractivity contribution in [1.29, 1.82) is 0 Å². The van der Waals surface area contributed by atoms with E-state index < -0.39 is 12.1 Å². The SMILES string of the molecule is CC(Oc1ccccc1/C=C/C(=O)O)C(=O)N(C)C. The Bertz CT molecular complexity index is 494. The first-order valence-electron chi connectivity index (χ1n) is 5.79. The molecule has 1 unspecified atom stereocenters. The van der Waals surface area contributed by atoms with Gasteiger partial charge in [-0.15, -0.1) is 0 Å². The highest BCUT2D eigenvalue weighted by atomic mass is 16.5. The molecule has 5 nitrogen and oxygen atoms in total. The molecule has 0 fully saturated rings. The number of likely N-dealkylation sites (N-methyl/N-ethyl adjacent to an activating group) is 1. The van der Waals surface area contributed by atoms with Crippen LogP contribution >= 0.6 is 0 Å². The van der Waals surface area contributed by atoms with Gasteiger partial charge in [0.05, 0.1) is 0 Å². The number of ether oxygens (including phenoxy) is 1.